The number of benzene rings is 1. The van der Waals surface area contributed by atoms with Crippen LogP contribution < -0.4 is 0 Å². The highest BCUT2D eigenvalue weighted by molar-refractivity contribution is 7.91. The van der Waals surface area contributed by atoms with Gasteiger partial charge in [0, 0.05) is 5.92 Å². The van der Waals surface area contributed by atoms with Gasteiger partial charge < -0.3 is 5.11 Å². The fourth-order valence-electron chi connectivity index (χ4n) is 2.27. The highest BCUT2D eigenvalue weighted by Crippen LogP contribution is 2.40. The third kappa shape index (κ3) is 2.44. The van der Waals surface area contributed by atoms with E-state index in [0.29, 0.717) is 12.0 Å². The van der Waals surface area contributed by atoms with Crippen molar-refractivity contribution in [1.29, 1.82) is 0 Å². The second-order valence-electron chi connectivity index (χ2n) is 4.73. The number of hydrogen-bond acceptors (Lipinski definition) is 3. The van der Waals surface area contributed by atoms with Crippen LogP contribution in [0.25, 0.3) is 0 Å². The largest absolute Gasteiger partial charge is 0.508 e. The lowest BCUT2D eigenvalue weighted by molar-refractivity contribution is 0.115. The van der Waals surface area contributed by atoms with E-state index in [-0.39, 0.29) is 17.3 Å². The highest BCUT2D eigenvalue weighted by atomic mass is 32.2. The van der Waals surface area contributed by atoms with Crippen LogP contribution in [0.2, 0.25) is 0 Å². The molecule has 0 aromatic heterocycles. The van der Waals surface area contributed by atoms with Crippen molar-refractivity contribution in [2.24, 2.45) is 5.92 Å². The minimum atomic E-state index is -3.10. The summed E-state index contributed by atoms with van der Waals surface area (Å²) >= 11 is 0. The summed E-state index contributed by atoms with van der Waals surface area (Å²) in [5, 5.41) is 9.34. The Balaban J connectivity index is 2.31. The smallest absolute Gasteiger partial charge is 0.150 e. The Kier molecular flexibility index (Phi) is 2.89. The summed E-state index contributed by atoms with van der Waals surface area (Å²) in [4.78, 5) is 0. The molecule has 5 heteroatoms. The van der Waals surface area contributed by atoms with E-state index in [9.17, 15) is 17.9 Å². The first-order valence-corrected chi connectivity index (χ1v) is 7.32. The quantitative estimate of drug-likeness (QED) is 0.883. The van der Waals surface area contributed by atoms with Gasteiger partial charge >= 0.3 is 0 Å². The zero-order chi connectivity index (χ0) is 12.7. The lowest BCUT2D eigenvalue weighted by Crippen LogP contribution is -2.28. The Morgan fingerprint density at radius 1 is 1.47 bits per heavy atom. The second kappa shape index (κ2) is 3.98. The maximum Gasteiger partial charge on any atom is 0.150 e. The van der Waals surface area contributed by atoms with Crippen molar-refractivity contribution in [3.05, 3.63) is 29.8 Å². The molecule has 0 radical (unpaired) electrons. The Hall–Kier alpha value is -1.10. The number of phenols is 1. The first-order valence-electron chi connectivity index (χ1n) is 5.50. The van der Waals surface area contributed by atoms with E-state index >= 15 is 0 Å². The van der Waals surface area contributed by atoms with Crippen molar-refractivity contribution < 1.29 is 17.9 Å². The molecule has 1 N–H and O–H groups in total. The number of phenolic OH excluding ortho intramolecular Hbond substituents is 1. The zero-order valence-corrected chi connectivity index (χ0v) is 10.4. The second-order valence-corrected chi connectivity index (χ2v) is 6.95. The van der Waals surface area contributed by atoms with Crippen molar-refractivity contribution in [2.75, 3.05) is 11.5 Å². The molecule has 1 aliphatic rings. The third-order valence-corrected chi connectivity index (χ3v) is 5.18. The molecule has 2 rings (SSSR count). The number of aromatic hydroxyl groups is 1. The van der Waals surface area contributed by atoms with Crippen LogP contribution in [0.15, 0.2) is 24.3 Å². The molecule has 1 aromatic carbocycles. The minimum absolute atomic E-state index is 0.00720. The van der Waals surface area contributed by atoms with E-state index in [1.54, 1.807) is 12.1 Å². The molecule has 0 aliphatic carbocycles. The van der Waals surface area contributed by atoms with E-state index in [1.165, 1.54) is 19.1 Å². The van der Waals surface area contributed by atoms with Gasteiger partial charge in [-0.15, -0.1) is 0 Å². The van der Waals surface area contributed by atoms with E-state index in [2.05, 4.69) is 0 Å². The van der Waals surface area contributed by atoms with Gasteiger partial charge in [0.25, 0.3) is 0 Å². The molecular weight excluding hydrogens is 243 g/mol. The number of halogens is 1. The number of alkyl halides is 1. The van der Waals surface area contributed by atoms with Crippen LogP contribution in [0.5, 0.6) is 5.75 Å². The summed E-state index contributed by atoms with van der Waals surface area (Å²) in [6.45, 7) is 1.38. The molecule has 17 heavy (non-hydrogen) atoms. The fraction of sp³-hybridized carbons (Fsp3) is 0.500. The third-order valence-electron chi connectivity index (χ3n) is 3.41. The topological polar surface area (TPSA) is 54.4 Å². The molecule has 3 nitrogen and oxygen atoms in total. The van der Waals surface area contributed by atoms with Gasteiger partial charge in [-0.3, -0.25) is 0 Å². The van der Waals surface area contributed by atoms with Crippen molar-refractivity contribution in [1.82, 2.24) is 0 Å². The Morgan fingerprint density at radius 2 is 2.18 bits per heavy atom. The summed E-state index contributed by atoms with van der Waals surface area (Å²) in [5.41, 5.74) is -1.39. The summed E-state index contributed by atoms with van der Waals surface area (Å²) in [6.07, 6.45) is 0.338. The average Bonchev–Trinajstić information content (AvgIpc) is 2.59. The summed E-state index contributed by atoms with van der Waals surface area (Å²) in [5.74, 6) is -0.604. The van der Waals surface area contributed by atoms with E-state index in [0.717, 1.165) is 0 Å². The lowest BCUT2D eigenvalue weighted by Gasteiger charge is -2.27. The van der Waals surface area contributed by atoms with Crippen molar-refractivity contribution >= 4 is 9.84 Å². The molecule has 0 amide bonds. The predicted octanol–water partition coefficient (Wildman–Crippen LogP) is 2.01. The Labute approximate surface area is 100 Å². The molecular formula is C12H15FO3S. The molecule has 1 saturated heterocycles. The van der Waals surface area contributed by atoms with Gasteiger partial charge in [-0.25, -0.2) is 12.8 Å². The van der Waals surface area contributed by atoms with E-state index in [1.807, 2.05) is 0 Å². The van der Waals surface area contributed by atoms with Crippen LogP contribution in [-0.2, 0) is 15.5 Å². The van der Waals surface area contributed by atoms with E-state index < -0.39 is 21.4 Å². The van der Waals surface area contributed by atoms with Gasteiger partial charge in [-0.2, -0.15) is 0 Å². The van der Waals surface area contributed by atoms with Crippen molar-refractivity contribution in [2.45, 2.75) is 19.0 Å². The molecule has 2 unspecified atom stereocenters. The molecule has 1 fully saturated rings. The van der Waals surface area contributed by atoms with Gasteiger partial charge in [-0.05, 0) is 31.0 Å². The van der Waals surface area contributed by atoms with Crippen LogP contribution in [0, 0.1) is 5.92 Å². The van der Waals surface area contributed by atoms with Gasteiger partial charge in [0.05, 0.1) is 11.5 Å². The molecule has 1 heterocycles. The average molecular weight is 258 g/mol. The SMILES string of the molecule is CC(F)(c1cccc(O)c1)C1CCS(=O)(=O)C1. The summed E-state index contributed by atoms with van der Waals surface area (Å²) in [7, 11) is -3.10. The normalized spacial score (nSPS) is 26.6. The molecule has 0 bridgehead atoms. The van der Waals surface area contributed by atoms with Crippen LogP contribution in [0.1, 0.15) is 18.9 Å². The van der Waals surface area contributed by atoms with Crippen molar-refractivity contribution in [3.63, 3.8) is 0 Å². The molecule has 94 valence electrons. The molecule has 1 aromatic rings. The lowest BCUT2D eigenvalue weighted by atomic mass is 9.84. The maximum atomic E-state index is 14.7. The van der Waals surface area contributed by atoms with Gasteiger partial charge in [0.1, 0.15) is 11.4 Å². The number of rotatable bonds is 2. The van der Waals surface area contributed by atoms with Crippen LogP contribution in [-0.4, -0.2) is 25.0 Å². The fourth-order valence-corrected chi connectivity index (χ4v) is 4.17. The first-order chi connectivity index (χ1) is 7.81. The molecule has 0 spiro atoms. The summed E-state index contributed by atoms with van der Waals surface area (Å²) in [6, 6.07) is 5.95. The number of sulfone groups is 1. The number of hydrogen-bond donors (Lipinski definition) is 1. The van der Waals surface area contributed by atoms with Gasteiger partial charge in [-0.1, -0.05) is 12.1 Å². The monoisotopic (exact) mass is 258 g/mol. The highest BCUT2D eigenvalue weighted by Gasteiger charge is 2.43. The van der Waals surface area contributed by atoms with Crippen molar-refractivity contribution in [3.8, 4) is 5.75 Å². The van der Waals surface area contributed by atoms with Crippen LogP contribution >= 0.6 is 0 Å². The maximum absolute atomic E-state index is 14.7. The van der Waals surface area contributed by atoms with Crippen LogP contribution in [0.3, 0.4) is 0 Å². The summed E-state index contributed by atoms with van der Waals surface area (Å²) < 4.78 is 37.4. The zero-order valence-electron chi connectivity index (χ0n) is 9.56. The Morgan fingerprint density at radius 3 is 2.71 bits per heavy atom. The molecule has 2 atom stereocenters. The predicted molar refractivity (Wildman–Crippen MR) is 63.3 cm³/mol. The van der Waals surface area contributed by atoms with Crippen LogP contribution in [0.4, 0.5) is 4.39 Å². The minimum Gasteiger partial charge on any atom is -0.508 e. The Bertz CT molecular complexity index is 522. The molecule has 0 saturated carbocycles. The first kappa shape index (κ1) is 12.4. The van der Waals surface area contributed by atoms with Gasteiger partial charge in [0.2, 0.25) is 0 Å². The van der Waals surface area contributed by atoms with E-state index in [4.69, 9.17) is 0 Å². The standard InChI is InChI=1S/C12H15FO3S/c1-12(13,9-3-2-4-11(14)7-9)10-5-6-17(15,16)8-10/h2-4,7,10,14H,5-6,8H2,1H3. The van der Waals surface area contributed by atoms with Gasteiger partial charge in [0.15, 0.2) is 9.84 Å². The molecule has 1 aliphatic heterocycles.